The average Bonchev–Trinajstić information content (AvgIpc) is 2.69. The van der Waals surface area contributed by atoms with E-state index in [9.17, 15) is 4.79 Å². The van der Waals surface area contributed by atoms with Gasteiger partial charge in [-0.2, -0.15) is 0 Å². The van der Waals surface area contributed by atoms with Gasteiger partial charge in [0.05, 0.1) is 5.52 Å². The Balaban J connectivity index is 0.00000225. The Morgan fingerprint density at radius 3 is 2.46 bits per heavy atom. The third-order valence-electron chi connectivity index (χ3n) is 5.67. The van der Waals surface area contributed by atoms with Gasteiger partial charge in [-0.25, -0.2) is 4.98 Å². The highest BCUT2D eigenvalue weighted by atomic mass is 35.5. The second-order valence-corrected chi connectivity index (χ2v) is 7.49. The molecule has 146 valence electrons. The maximum absolute atomic E-state index is 11.7. The molecule has 0 saturated heterocycles. The van der Waals surface area contributed by atoms with Crippen LogP contribution in [-0.4, -0.2) is 16.9 Å². The number of carbonyl (C=O) groups is 1. The minimum absolute atomic E-state index is 0. The fourth-order valence-corrected chi connectivity index (χ4v) is 4.26. The minimum Gasteiger partial charge on any atom is -0.367 e. The van der Waals surface area contributed by atoms with Crippen LogP contribution < -0.4 is 11.1 Å². The van der Waals surface area contributed by atoms with Crippen LogP contribution >= 0.6 is 12.4 Å². The van der Waals surface area contributed by atoms with E-state index in [4.69, 9.17) is 10.7 Å². The molecule has 4 rings (SSSR count). The van der Waals surface area contributed by atoms with Crippen molar-refractivity contribution < 1.29 is 4.79 Å². The highest BCUT2D eigenvalue weighted by molar-refractivity contribution is 5.94. The van der Waals surface area contributed by atoms with Gasteiger partial charge in [0.25, 0.3) is 0 Å². The Hall–Kier alpha value is -2.59. The summed E-state index contributed by atoms with van der Waals surface area (Å²) in [6, 6.07) is 18.6. The molecule has 3 aromatic rings. The van der Waals surface area contributed by atoms with Crippen LogP contribution in [0.2, 0.25) is 0 Å². The van der Waals surface area contributed by atoms with Gasteiger partial charge in [-0.3, -0.25) is 4.79 Å². The monoisotopic (exact) mass is 395 g/mol. The van der Waals surface area contributed by atoms with Crippen LogP contribution in [0.3, 0.4) is 0 Å². The SMILES string of the molecule is Cc1cc(NC2CCC(c3ccccc3C(N)=O)CC2)nc2ccccc12.Cl. The summed E-state index contributed by atoms with van der Waals surface area (Å²) in [7, 11) is 0. The molecule has 2 aromatic carbocycles. The van der Waals surface area contributed by atoms with Crippen LogP contribution in [0.5, 0.6) is 0 Å². The molecule has 3 N–H and O–H groups in total. The number of halogens is 1. The van der Waals surface area contributed by atoms with Crippen LogP contribution in [0.4, 0.5) is 5.82 Å². The number of aryl methyl sites for hydroxylation is 1. The lowest BCUT2D eigenvalue weighted by Crippen LogP contribution is -2.27. The molecule has 1 aliphatic carbocycles. The van der Waals surface area contributed by atoms with Gasteiger partial charge < -0.3 is 11.1 Å². The second kappa shape index (κ2) is 8.61. The molecule has 1 heterocycles. The van der Waals surface area contributed by atoms with Gasteiger partial charge in [0, 0.05) is 17.0 Å². The summed E-state index contributed by atoms with van der Waals surface area (Å²) < 4.78 is 0. The van der Waals surface area contributed by atoms with Gasteiger partial charge in [-0.1, -0.05) is 36.4 Å². The second-order valence-electron chi connectivity index (χ2n) is 7.49. The first-order chi connectivity index (χ1) is 13.1. The molecule has 0 aliphatic heterocycles. The zero-order valence-corrected chi connectivity index (χ0v) is 16.8. The maximum atomic E-state index is 11.7. The first-order valence-corrected chi connectivity index (χ1v) is 9.63. The topological polar surface area (TPSA) is 68.0 Å². The van der Waals surface area contributed by atoms with E-state index < -0.39 is 0 Å². The van der Waals surface area contributed by atoms with Gasteiger partial charge in [0.1, 0.15) is 5.82 Å². The third kappa shape index (κ3) is 4.12. The molecule has 0 spiro atoms. The van der Waals surface area contributed by atoms with Gasteiger partial charge in [0.15, 0.2) is 0 Å². The van der Waals surface area contributed by atoms with Crippen LogP contribution in [0.15, 0.2) is 54.6 Å². The summed E-state index contributed by atoms with van der Waals surface area (Å²) in [4.78, 5) is 16.5. The van der Waals surface area contributed by atoms with Gasteiger partial charge in [-0.15, -0.1) is 12.4 Å². The van der Waals surface area contributed by atoms with Crippen molar-refractivity contribution >= 4 is 35.0 Å². The molecule has 0 atom stereocenters. The molecule has 28 heavy (non-hydrogen) atoms. The molecule has 1 saturated carbocycles. The van der Waals surface area contributed by atoms with Crippen molar-refractivity contribution in [1.29, 1.82) is 0 Å². The van der Waals surface area contributed by atoms with E-state index in [0.717, 1.165) is 42.6 Å². The number of primary amides is 1. The largest absolute Gasteiger partial charge is 0.367 e. The van der Waals surface area contributed by atoms with Gasteiger partial charge >= 0.3 is 0 Å². The Labute approximate surface area is 172 Å². The number of anilines is 1. The van der Waals surface area contributed by atoms with Crippen LogP contribution in [0.1, 0.15) is 53.1 Å². The number of nitrogens with one attached hydrogen (secondary N) is 1. The highest BCUT2D eigenvalue weighted by Gasteiger charge is 2.25. The Kier molecular flexibility index (Phi) is 6.20. The number of rotatable bonds is 4. The molecular weight excluding hydrogens is 370 g/mol. The number of nitrogens with two attached hydrogens (primary N) is 1. The number of nitrogens with zero attached hydrogens (tertiary/aromatic N) is 1. The molecule has 0 radical (unpaired) electrons. The summed E-state index contributed by atoms with van der Waals surface area (Å²) in [6.45, 7) is 2.13. The fraction of sp³-hybridized carbons (Fsp3) is 0.304. The number of carbonyl (C=O) groups excluding carboxylic acids is 1. The smallest absolute Gasteiger partial charge is 0.248 e. The lowest BCUT2D eigenvalue weighted by molar-refractivity contribution is 0.0998. The first kappa shape index (κ1) is 20.2. The summed E-state index contributed by atoms with van der Waals surface area (Å²) in [5.41, 5.74) is 9.59. The van der Waals surface area contributed by atoms with Gasteiger partial charge in [-0.05, 0) is 67.9 Å². The van der Waals surface area contributed by atoms with E-state index >= 15 is 0 Å². The summed E-state index contributed by atoms with van der Waals surface area (Å²) in [5.74, 6) is 1.02. The third-order valence-corrected chi connectivity index (χ3v) is 5.67. The fourth-order valence-electron chi connectivity index (χ4n) is 4.26. The number of hydrogen-bond donors (Lipinski definition) is 2. The standard InChI is InChI=1S/C23H25N3O.ClH/c1-15-14-22(26-21-9-5-4-6-18(15)21)25-17-12-10-16(11-13-17)19-7-2-3-8-20(19)23(24)27;/h2-9,14,16-17H,10-13H2,1H3,(H2,24,27)(H,25,26);1H. The molecule has 1 amide bonds. The molecule has 4 nitrogen and oxygen atoms in total. The van der Waals surface area contributed by atoms with Crippen molar-refractivity contribution in [2.24, 2.45) is 5.73 Å². The number of hydrogen-bond acceptors (Lipinski definition) is 3. The molecule has 5 heteroatoms. The van der Waals surface area contributed by atoms with Crippen molar-refractivity contribution in [3.8, 4) is 0 Å². The number of amides is 1. The van der Waals surface area contributed by atoms with Crippen molar-refractivity contribution in [3.05, 3.63) is 71.3 Å². The van der Waals surface area contributed by atoms with Gasteiger partial charge in [0.2, 0.25) is 5.91 Å². The van der Waals surface area contributed by atoms with Crippen LogP contribution in [0, 0.1) is 6.92 Å². The van der Waals surface area contributed by atoms with Crippen LogP contribution in [-0.2, 0) is 0 Å². The minimum atomic E-state index is -0.332. The van der Waals surface area contributed by atoms with E-state index in [-0.39, 0.29) is 18.3 Å². The number of para-hydroxylation sites is 1. The van der Waals surface area contributed by atoms with E-state index in [1.807, 2.05) is 30.3 Å². The van der Waals surface area contributed by atoms with Crippen molar-refractivity contribution in [2.75, 3.05) is 5.32 Å². The normalized spacial score (nSPS) is 19.0. The Morgan fingerprint density at radius 2 is 1.71 bits per heavy atom. The molecule has 0 bridgehead atoms. The van der Waals surface area contributed by atoms with Crippen LogP contribution in [0.25, 0.3) is 10.9 Å². The molecule has 0 unspecified atom stereocenters. The quantitative estimate of drug-likeness (QED) is 0.637. The first-order valence-electron chi connectivity index (χ1n) is 9.63. The number of benzene rings is 2. The van der Waals surface area contributed by atoms with E-state index in [0.29, 0.717) is 17.5 Å². The van der Waals surface area contributed by atoms with Crippen molar-refractivity contribution in [1.82, 2.24) is 4.98 Å². The number of fused-ring (bicyclic) bond motifs is 1. The Morgan fingerprint density at radius 1 is 1.04 bits per heavy atom. The van der Waals surface area contributed by atoms with E-state index in [2.05, 4.69) is 36.5 Å². The molecule has 1 aromatic heterocycles. The predicted molar refractivity (Wildman–Crippen MR) is 117 cm³/mol. The van der Waals surface area contributed by atoms with Crippen molar-refractivity contribution in [3.63, 3.8) is 0 Å². The zero-order valence-electron chi connectivity index (χ0n) is 16.0. The number of pyridine rings is 1. The predicted octanol–water partition coefficient (Wildman–Crippen LogP) is 5.20. The van der Waals surface area contributed by atoms with E-state index in [1.54, 1.807) is 0 Å². The van der Waals surface area contributed by atoms with E-state index in [1.165, 1.54) is 10.9 Å². The highest BCUT2D eigenvalue weighted by Crippen LogP contribution is 2.35. The van der Waals surface area contributed by atoms with Crippen molar-refractivity contribution in [2.45, 2.75) is 44.6 Å². The molecule has 1 aliphatic rings. The molecular formula is C23H26ClN3O. The maximum Gasteiger partial charge on any atom is 0.248 e. The lowest BCUT2D eigenvalue weighted by atomic mass is 9.80. The Bertz CT molecular complexity index is 980. The zero-order chi connectivity index (χ0) is 18.8. The average molecular weight is 396 g/mol. The summed E-state index contributed by atoms with van der Waals surface area (Å²) in [6.07, 6.45) is 4.22. The summed E-state index contributed by atoms with van der Waals surface area (Å²) in [5, 5.41) is 4.82. The lowest BCUT2D eigenvalue weighted by Gasteiger charge is -2.30. The number of aromatic nitrogens is 1. The molecule has 1 fully saturated rings. The summed E-state index contributed by atoms with van der Waals surface area (Å²) >= 11 is 0.